The molecule has 1 aliphatic heterocycles. The second kappa shape index (κ2) is 5.58. The highest BCUT2D eigenvalue weighted by Gasteiger charge is 2.22. The van der Waals surface area contributed by atoms with Crippen LogP contribution in [0.1, 0.15) is 26.2 Å². The fourth-order valence-electron chi connectivity index (χ4n) is 1.51. The molecule has 0 bridgehead atoms. The SMILES string of the molecule is COC(=O)C[C@@H](C)OC(=O)N1CCCC1. The first-order valence-electron chi connectivity index (χ1n) is 5.16. The van der Waals surface area contributed by atoms with Crippen molar-refractivity contribution in [2.75, 3.05) is 20.2 Å². The van der Waals surface area contributed by atoms with Gasteiger partial charge in [0.15, 0.2) is 0 Å². The van der Waals surface area contributed by atoms with Gasteiger partial charge in [0.25, 0.3) is 0 Å². The maximum Gasteiger partial charge on any atom is 0.410 e. The van der Waals surface area contributed by atoms with Gasteiger partial charge < -0.3 is 14.4 Å². The maximum absolute atomic E-state index is 11.5. The Hall–Kier alpha value is -1.26. The Morgan fingerprint density at radius 2 is 1.93 bits per heavy atom. The summed E-state index contributed by atoms with van der Waals surface area (Å²) in [7, 11) is 1.32. The van der Waals surface area contributed by atoms with Gasteiger partial charge in [-0.3, -0.25) is 4.79 Å². The van der Waals surface area contributed by atoms with Crippen molar-refractivity contribution >= 4 is 12.1 Å². The highest BCUT2D eigenvalue weighted by atomic mass is 16.6. The fraction of sp³-hybridized carbons (Fsp3) is 0.800. The lowest BCUT2D eigenvalue weighted by Gasteiger charge is -2.18. The molecular formula is C10H17NO4. The minimum Gasteiger partial charge on any atom is -0.469 e. The number of amides is 1. The summed E-state index contributed by atoms with van der Waals surface area (Å²) in [5.74, 6) is -0.364. The summed E-state index contributed by atoms with van der Waals surface area (Å²) in [6.07, 6.45) is 1.41. The summed E-state index contributed by atoms with van der Waals surface area (Å²) >= 11 is 0. The molecule has 1 rings (SSSR count). The number of esters is 1. The van der Waals surface area contributed by atoms with E-state index in [1.54, 1.807) is 11.8 Å². The van der Waals surface area contributed by atoms with Crippen LogP contribution in [0.25, 0.3) is 0 Å². The zero-order valence-corrected chi connectivity index (χ0v) is 9.19. The van der Waals surface area contributed by atoms with Crippen LogP contribution in [0.15, 0.2) is 0 Å². The number of nitrogens with zero attached hydrogens (tertiary/aromatic N) is 1. The van der Waals surface area contributed by atoms with Crippen LogP contribution < -0.4 is 0 Å². The molecule has 1 saturated heterocycles. The minimum absolute atomic E-state index is 0.107. The van der Waals surface area contributed by atoms with E-state index in [1.807, 2.05) is 0 Å². The second-order valence-electron chi connectivity index (χ2n) is 3.67. The molecule has 0 saturated carbocycles. The van der Waals surface area contributed by atoms with E-state index in [0.717, 1.165) is 25.9 Å². The van der Waals surface area contributed by atoms with Crippen LogP contribution in [-0.2, 0) is 14.3 Å². The van der Waals surface area contributed by atoms with E-state index in [9.17, 15) is 9.59 Å². The molecule has 0 aromatic heterocycles. The third kappa shape index (κ3) is 3.77. The van der Waals surface area contributed by atoms with Crippen LogP contribution in [-0.4, -0.2) is 43.3 Å². The first-order valence-corrected chi connectivity index (χ1v) is 5.16. The molecule has 1 atom stereocenters. The number of ether oxygens (including phenoxy) is 2. The van der Waals surface area contributed by atoms with Gasteiger partial charge >= 0.3 is 12.1 Å². The van der Waals surface area contributed by atoms with E-state index in [0.29, 0.717) is 0 Å². The van der Waals surface area contributed by atoms with Crippen molar-refractivity contribution in [1.29, 1.82) is 0 Å². The van der Waals surface area contributed by atoms with Crippen molar-refractivity contribution in [2.24, 2.45) is 0 Å². The van der Waals surface area contributed by atoms with E-state index in [1.165, 1.54) is 7.11 Å². The third-order valence-corrected chi connectivity index (χ3v) is 2.35. The normalized spacial score (nSPS) is 17.3. The van der Waals surface area contributed by atoms with Crippen molar-refractivity contribution in [3.8, 4) is 0 Å². The molecule has 1 heterocycles. The van der Waals surface area contributed by atoms with Gasteiger partial charge in [-0.1, -0.05) is 0 Å². The van der Waals surface area contributed by atoms with Gasteiger partial charge in [-0.2, -0.15) is 0 Å². The van der Waals surface area contributed by atoms with Crippen molar-refractivity contribution in [3.63, 3.8) is 0 Å². The molecule has 0 unspecified atom stereocenters. The Morgan fingerprint density at radius 3 is 2.47 bits per heavy atom. The summed E-state index contributed by atoms with van der Waals surface area (Å²) < 4.78 is 9.58. The van der Waals surface area contributed by atoms with Crippen LogP contribution in [0.5, 0.6) is 0 Å². The topological polar surface area (TPSA) is 55.8 Å². The summed E-state index contributed by atoms with van der Waals surface area (Å²) in [6, 6.07) is 0. The first-order chi connectivity index (χ1) is 7.13. The lowest BCUT2D eigenvalue weighted by atomic mass is 10.3. The first kappa shape index (κ1) is 11.8. The number of carbonyl (C=O) groups is 2. The highest BCUT2D eigenvalue weighted by Crippen LogP contribution is 2.10. The minimum atomic E-state index is -0.425. The molecular weight excluding hydrogens is 198 g/mol. The average molecular weight is 215 g/mol. The number of carbonyl (C=O) groups excluding carboxylic acids is 2. The van der Waals surface area contributed by atoms with Crippen molar-refractivity contribution in [3.05, 3.63) is 0 Å². The molecule has 1 aliphatic rings. The Morgan fingerprint density at radius 1 is 1.33 bits per heavy atom. The van der Waals surface area contributed by atoms with E-state index in [-0.39, 0.29) is 18.5 Å². The molecule has 0 radical (unpaired) electrons. The van der Waals surface area contributed by atoms with Crippen LogP contribution >= 0.6 is 0 Å². The quantitative estimate of drug-likeness (QED) is 0.663. The number of hydrogen-bond donors (Lipinski definition) is 0. The molecule has 0 N–H and O–H groups in total. The molecule has 0 aromatic rings. The van der Waals surface area contributed by atoms with Gasteiger partial charge in [-0.25, -0.2) is 4.79 Å². The molecule has 0 spiro atoms. The van der Waals surface area contributed by atoms with Crippen molar-refractivity contribution in [1.82, 2.24) is 4.90 Å². The predicted molar refractivity (Wildman–Crippen MR) is 53.4 cm³/mol. The van der Waals surface area contributed by atoms with Gasteiger partial charge in [0.05, 0.1) is 13.5 Å². The standard InChI is InChI=1S/C10H17NO4/c1-8(7-9(12)14-2)15-10(13)11-5-3-4-6-11/h8H,3-7H2,1-2H3/t8-/m1/s1. The van der Waals surface area contributed by atoms with Gasteiger partial charge in [-0.15, -0.1) is 0 Å². The molecule has 86 valence electrons. The van der Waals surface area contributed by atoms with Crippen LogP contribution in [0.2, 0.25) is 0 Å². The predicted octanol–water partition coefficient (Wildman–Crippen LogP) is 1.17. The smallest absolute Gasteiger partial charge is 0.410 e. The number of hydrogen-bond acceptors (Lipinski definition) is 4. The number of rotatable bonds is 3. The molecule has 5 heteroatoms. The maximum atomic E-state index is 11.5. The van der Waals surface area contributed by atoms with E-state index in [4.69, 9.17) is 4.74 Å². The molecule has 5 nitrogen and oxygen atoms in total. The van der Waals surface area contributed by atoms with Gasteiger partial charge in [0.1, 0.15) is 6.10 Å². The largest absolute Gasteiger partial charge is 0.469 e. The van der Waals surface area contributed by atoms with Crippen LogP contribution in [0, 0.1) is 0 Å². The summed E-state index contributed by atoms with van der Waals surface area (Å²) in [6.45, 7) is 3.19. The monoisotopic (exact) mass is 215 g/mol. The lowest BCUT2D eigenvalue weighted by molar-refractivity contribution is -0.142. The Balaban J connectivity index is 2.27. The van der Waals surface area contributed by atoms with E-state index >= 15 is 0 Å². The Kier molecular flexibility index (Phi) is 4.39. The van der Waals surface area contributed by atoms with Crippen molar-refractivity contribution < 1.29 is 19.1 Å². The van der Waals surface area contributed by atoms with Gasteiger partial charge in [-0.05, 0) is 19.8 Å². The highest BCUT2D eigenvalue weighted by molar-refractivity contribution is 5.71. The van der Waals surface area contributed by atoms with Crippen molar-refractivity contribution in [2.45, 2.75) is 32.3 Å². The summed E-state index contributed by atoms with van der Waals surface area (Å²) in [5.41, 5.74) is 0. The van der Waals surface area contributed by atoms with Gasteiger partial charge in [0, 0.05) is 13.1 Å². The molecule has 0 aliphatic carbocycles. The molecule has 1 amide bonds. The summed E-state index contributed by atoms with van der Waals surface area (Å²) in [5, 5.41) is 0. The molecule has 1 fully saturated rings. The Labute approximate surface area is 89.3 Å². The van der Waals surface area contributed by atoms with Crippen LogP contribution in [0.3, 0.4) is 0 Å². The summed E-state index contributed by atoms with van der Waals surface area (Å²) in [4.78, 5) is 24.0. The molecule has 0 aromatic carbocycles. The zero-order valence-electron chi connectivity index (χ0n) is 9.19. The zero-order chi connectivity index (χ0) is 11.3. The Bertz CT molecular complexity index is 236. The number of methoxy groups -OCH3 is 1. The second-order valence-corrected chi connectivity index (χ2v) is 3.67. The lowest BCUT2D eigenvalue weighted by Crippen LogP contribution is -2.31. The fourth-order valence-corrected chi connectivity index (χ4v) is 1.51. The third-order valence-electron chi connectivity index (χ3n) is 2.35. The average Bonchev–Trinajstić information content (AvgIpc) is 2.70. The molecule has 15 heavy (non-hydrogen) atoms. The van der Waals surface area contributed by atoms with E-state index in [2.05, 4.69) is 4.74 Å². The van der Waals surface area contributed by atoms with Crippen LogP contribution in [0.4, 0.5) is 4.79 Å². The van der Waals surface area contributed by atoms with E-state index < -0.39 is 6.10 Å². The van der Waals surface area contributed by atoms with Gasteiger partial charge in [0.2, 0.25) is 0 Å². The number of likely N-dealkylation sites (tertiary alicyclic amines) is 1.